The Hall–Kier alpha value is -3.99. The van der Waals surface area contributed by atoms with Crippen LogP contribution in [-0.4, -0.2) is 61.0 Å². The molecule has 1 aliphatic rings. The van der Waals surface area contributed by atoms with Crippen molar-refractivity contribution in [1.29, 1.82) is 0 Å². The van der Waals surface area contributed by atoms with Crippen LogP contribution in [0.1, 0.15) is 22.3 Å². The summed E-state index contributed by atoms with van der Waals surface area (Å²) in [5, 5.41) is 18.2. The van der Waals surface area contributed by atoms with Crippen molar-refractivity contribution in [3.63, 3.8) is 0 Å². The number of hydrogen-bond donors (Lipinski definition) is 1. The van der Waals surface area contributed by atoms with E-state index in [1.165, 1.54) is 30.6 Å². The van der Waals surface area contributed by atoms with E-state index in [1.54, 1.807) is 18.2 Å². The van der Waals surface area contributed by atoms with E-state index in [4.69, 9.17) is 4.74 Å². The molecule has 35 heavy (non-hydrogen) atoms. The molecule has 1 saturated heterocycles. The SMILES string of the molecule is O=C(c1c(-n2nccn2)ccc(CO)c1F)N1CCC(F)(F)C(Oc2ccc3ccccc3n2)C1. The molecule has 1 unspecified atom stereocenters. The number of ether oxygens (including phenoxy) is 1. The van der Waals surface area contributed by atoms with Gasteiger partial charge in [0.25, 0.3) is 11.8 Å². The van der Waals surface area contributed by atoms with E-state index in [-0.39, 0.29) is 23.7 Å². The largest absolute Gasteiger partial charge is 0.466 e. The summed E-state index contributed by atoms with van der Waals surface area (Å²) in [6.45, 7) is -1.45. The monoisotopic (exact) mass is 483 g/mol. The predicted molar refractivity (Wildman–Crippen MR) is 119 cm³/mol. The summed E-state index contributed by atoms with van der Waals surface area (Å²) < 4.78 is 50.3. The van der Waals surface area contributed by atoms with Crippen LogP contribution in [0, 0.1) is 5.82 Å². The summed E-state index contributed by atoms with van der Waals surface area (Å²) in [7, 11) is 0. The summed E-state index contributed by atoms with van der Waals surface area (Å²) in [5.41, 5.74) is 0.0808. The van der Waals surface area contributed by atoms with Crippen molar-refractivity contribution in [2.24, 2.45) is 0 Å². The molecule has 11 heteroatoms. The first-order chi connectivity index (χ1) is 16.9. The number of aliphatic hydroxyl groups is 1. The van der Waals surface area contributed by atoms with Gasteiger partial charge in [-0.2, -0.15) is 15.0 Å². The second-order valence-corrected chi connectivity index (χ2v) is 8.12. The Labute approximate surface area is 197 Å². The van der Waals surface area contributed by atoms with Crippen molar-refractivity contribution in [3.05, 3.63) is 77.9 Å². The standard InChI is InChI=1S/C24H20F3N5O3/c25-22-16(14-33)5-7-18(32-28-10-11-29-32)21(22)23(34)31-12-9-24(26,27)19(13-31)35-20-8-6-15-3-1-2-4-17(15)30-20/h1-8,10-11,19,33H,9,12-14H2. The van der Waals surface area contributed by atoms with E-state index in [1.807, 2.05) is 12.1 Å². The molecule has 1 atom stereocenters. The van der Waals surface area contributed by atoms with E-state index in [0.29, 0.717) is 5.52 Å². The fourth-order valence-corrected chi connectivity index (χ4v) is 4.04. The molecule has 1 aliphatic heterocycles. The Morgan fingerprint density at radius 2 is 1.89 bits per heavy atom. The molecule has 5 rings (SSSR count). The number of piperidine rings is 1. The number of carbonyl (C=O) groups excluding carboxylic acids is 1. The summed E-state index contributed by atoms with van der Waals surface area (Å²) in [6.07, 6.45) is 0.347. The topological polar surface area (TPSA) is 93.4 Å². The average Bonchev–Trinajstić information content (AvgIpc) is 3.39. The van der Waals surface area contributed by atoms with Crippen LogP contribution in [0.4, 0.5) is 13.2 Å². The van der Waals surface area contributed by atoms with E-state index in [2.05, 4.69) is 15.2 Å². The van der Waals surface area contributed by atoms with Crippen LogP contribution in [0.15, 0.2) is 60.9 Å². The second-order valence-electron chi connectivity index (χ2n) is 8.12. The molecule has 0 bridgehead atoms. The third-order valence-electron chi connectivity index (χ3n) is 5.91. The van der Waals surface area contributed by atoms with Crippen LogP contribution < -0.4 is 4.74 Å². The molecular weight excluding hydrogens is 463 g/mol. The average molecular weight is 483 g/mol. The molecule has 180 valence electrons. The summed E-state index contributed by atoms with van der Waals surface area (Å²) in [4.78, 5) is 19.9. The quantitative estimate of drug-likeness (QED) is 0.468. The van der Waals surface area contributed by atoms with E-state index >= 15 is 4.39 Å². The molecule has 3 heterocycles. The Morgan fingerprint density at radius 3 is 2.66 bits per heavy atom. The molecule has 1 amide bonds. The molecule has 8 nitrogen and oxygen atoms in total. The van der Waals surface area contributed by atoms with Crippen LogP contribution in [0.5, 0.6) is 5.88 Å². The van der Waals surface area contributed by atoms with Gasteiger partial charge in [-0.3, -0.25) is 4.79 Å². The Morgan fingerprint density at radius 1 is 1.11 bits per heavy atom. The Bertz CT molecular complexity index is 1380. The molecule has 0 saturated carbocycles. The molecule has 0 aliphatic carbocycles. The summed E-state index contributed by atoms with van der Waals surface area (Å²) >= 11 is 0. The number of hydrogen-bond acceptors (Lipinski definition) is 6. The number of rotatable bonds is 5. The number of fused-ring (bicyclic) bond motifs is 1. The van der Waals surface area contributed by atoms with Crippen LogP contribution in [0.3, 0.4) is 0 Å². The fourth-order valence-electron chi connectivity index (χ4n) is 4.04. The van der Waals surface area contributed by atoms with Crippen LogP contribution in [0.25, 0.3) is 16.6 Å². The number of halogens is 3. The minimum Gasteiger partial charge on any atom is -0.466 e. The smallest absolute Gasteiger partial charge is 0.287 e. The van der Waals surface area contributed by atoms with Gasteiger partial charge >= 0.3 is 0 Å². The van der Waals surface area contributed by atoms with Crippen molar-refractivity contribution >= 4 is 16.8 Å². The summed E-state index contributed by atoms with van der Waals surface area (Å²) in [6, 6.07) is 13.1. The van der Waals surface area contributed by atoms with Gasteiger partial charge in [0.2, 0.25) is 5.88 Å². The maximum atomic E-state index is 15.2. The number of amides is 1. The predicted octanol–water partition coefficient (Wildman–Crippen LogP) is 3.38. The number of likely N-dealkylation sites (tertiary alicyclic amines) is 1. The van der Waals surface area contributed by atoms with Gasteiger partial charge in [-0.1, -0.05) is 24.3 Å². The highest BCUT2D eigenvalue weighted by molar-refractivity contribution is 5.98. The van der Waals surface area contributed by atoms with Crippen LogP contribution in [-0.2, 0) is 6.61 Å². The van der Waals surface area contributed by atoms with Gasteiger partial charge in [0.15, 0.2) is 6.10 Å². The molecule has 4 aromatic rings. The van der Waals surface area contributed by atoms with Crippen molar-refractivity contribution in [3.8, 4) is 11.6 Å². The van der Waals surface area contributed by atoms with Crippen LogP contribution in [0.2, 0.25) is 0 Å². The van der Waals surface area contributed by atoms with Crippen molar-refractivity contribution < 1.29 is 27.8 Å². The lowest BCUT2D eigenvalue weighted by atomic mass is 10.0. The zero-order valence-corrected chi connectivity index (χ0v) is 18.3. The molecule has 2 aromatic carbocycles. The Kier molecular flexibility index (Phi) is 5.85. The van der Waals surface area contributed by atoms with Gasteiger partial charge in [0.1, 0.15) is 17.1 Å². The molecule has 2 aromatic heterocycles. The molecule has 0 spiro atoms. The van der Waals surface area contributed by atoms with Crippen molar-refractivity contribution in [2.45, 2.75) is 25.1 Å². The third-order valence-corrected chi connectivity index (χ3v) is 5.91. The highest BCUT2D eigenvalue weighted by atomic mass is 19.3. The molecular formula is C24H20F3N5O3. The number of benzene rings is 2. The number of nitrogens with zero attached hydrogens (tertiary/aromatic N) is 5. The van der Waals surface area contributed by atoms with Gasteiger partial charge in [-0.05, 0) is 18.2 Å². The number of para-hydroxylation sites is 1. The van der Waals surface area contributed by atoms with Crippen molar-refractivity contribution in [2.75, 3.05) is 13.1 Å². The Balaban J connectivity index is 1.45. The molecule has 1 fully saturated rings. The van der Waals surface area contributed by atoms with Gasteiger partial charge in [0, 0.05) is 30.0 Å². The second kappa shape index (κ2) is 8.99. The highest BCUT2D eigenvalue weighted by Crippen LogP contribution is 2.33. The molecule has 1 N–H and O–H groups in total. The fraction of sp³-hybridized carbons (Fsp3) is 0.250. The van der Waals surface area contributed by atoms with E-state index in [9.17, 15) is 18.7 Å². The van der Waals surface area contributed by atoms with Crippen molar-refractivity contribution in [1.82, 2.24) is 24.9 Å². The van der Waals surface area contributed by atoms with Crippen LogP contribution >= 0.6 is 0 Å². The highest BCUT2D eigenvalue weighted by Gasteiger charge is 2.48. The lowest BCUT2D eigenvalue weighted by Crippen LogP contribution is -2.55. The first kappa shape index (κ1) is 22.8. The number of pyridine rings is 1. The zero-order chi connectivity index (χ0) is 24.6. The number of aromatic nitrogens is 4. The first-order valence-electron chi connectivity index (χ1n) is 10.9. The number of aliphatic hydroxyl groups excluding tert-OH is 1. The first-order valence-corrected chi connectivity index (χ1v) is 10.9. The van der Waals surface area contributed by atoms with Gasteiger partial charge in [-0.25, -0.2) is 18.2 Å². The maximum absolute atomic E-state index is 15.2. The van der Waals surface area contributed by atoms with Gasteiger partial charge in [-0.15, -0.1) is 0 Å². The minimum absolute atomic E-state index is 0.00226. The lowest BCUT2D eigenvalue weighted by molar-refractivity contribution is -0.131. The normalized spacial score (nSPS) is 17.5. The minimum atomic E-state index is -3.23. The maximum Gasteiger partial charge on any atom is 0.287 e. The lowest BCUT2D eigenvalue weighted by Gasteiger charge is -2.38. The third kappa shape index (κ3) is 4.30. The number of alkyl halides is 2. The zero-order valence-electron chi connectivity index (χ0n) is 18.3. The van der Waals surface area contributed by atoms with Gasteiger partial charge in [0.05, 0.1) is 31.1 Å². The number of carbonyl (C=O) groups is 1. The molecule has 0 radical (unpaired) electrons. The van der Waals surface area contributed by atoms with Gasteiger partial charge < -0.3 is 14.7 Å². The van der Waals surface area contributed by atoms with E-state index in [0.717, 1.165) is 15.1 Å². The summed E-state index contributed by atoms with van der Waals surface area (Å²) in [5.74, 6) is -5.03. The van der Waals surface area contributed by atoms with E-state index < -0.39 is 48.9 Å².